The van der Waals surface area contributed by atoms with Crippen molar-refractivity contribution in [2.24, 2.45) is 0 Å². The average Bonchev–Trinajstić information content (AvgIpc) is 2.65. The molecule has 1 heterocycles. The summed E-state index contributed by atoms with van der Waals surface area (Å²) in [5.74, 6) is 0. The minimum absolute atomic E-state index is 0.375. The summed E-state index contributed by atoms with van der Waals surface area (Å²) in [6.07, 6.45) is 1.90. The number of nitrogens with one attached hydrogen (secondary N) is 1. The van der Waals surface area contributed by atoms with Crippen LogP contribution >= 0.6 is 11.6 Å². The molecule has 0 saturated carbocycles. The Morgan fingerprint density at radius 1 is 1.43 bits per heavy atom. The number of fused-ring (bicyclic) bond motifs is 1. The van der Waals surface area contributed by atoms with Gasteiger partial charge in [-0.1, -0.05) is 11.6 Å². The number of H-pyrrole nitrogens is 1. The van der Waals surface area contributed by atoms with Crippen molar-refractivity contribution in [1.29, 1.82) is 0 Å². The second kappa shape index (κ2) is 5.29. The third-order valence-electron chi connectivity index (χ3n) is 1.61. The molecule has 0 saturated heterocycles. The number of carbonyl (C=O) groups excluding carboxylic acids is 1. The van der Waals surface area contributed by atoms with Gasteiger partial charge in [0.05, 0.1) is 7.11 Å². The number of benzene rings is 1. The van der Waals surface area contributed by atoms with Crippen molar-refractivity contribution in [2.75, 3.05) is 7.11 Å². The second-order valence-electron chi connectivity index (χ2n) is 2.54. The smallest absolute Gasteiger partial charge is 0.292 e. The zero-order chi connectivity index (χ0) is 10.4. The van der Waals surface area contributed by atoms with Crippen LogP contribution in [-0.4, -0.2) is 18.6 Å². The summed E-state index contributed by atoms with van der Waals surface area (Å²) in [5, 5.41) is 1.94. The molecule has 1 N–H and O–H groups in total. The number of rotatable bonds is 1. The number of hydrogen-bond donors (Lipinski definition) is 1. The molecule has 4 heteroatoms. The lowest BCUT2D eigenvalue weighted by molar-refractivity contribution is -0.126. The van der Waals surface area contributed by atoms with Gasteiger partial charge in [-0.05, 0) is 24.3 Å². The van der Waals surface area contributed by atoms with Crippen molar-refractivity contribution in [3.05, 3.63) is 35.5 Å². The minimum atomic E-state index is 0.375. The van der Waals surface area contributed by atoms with Crippen LogP contribution < -0.4 is 0 Å². The molecule has 74 valence electrons. The molecule has 0 aliphatic carbocycles. The standard InChI is InChI=1S/C8H6ClN.C2H4O2/c9-7-1-2-8-6(5-7)3-4-10-8;1-4-2-3/h1-5,10H;2H,1H3. The van der Waals surface area contributed by atoms with Crippen LogP contribution in [0.15, 0.2) is 30.5 Å². The molecule has 0 aliphatic heterocycles. The highest BCUT2D eigenvalue weighted by Gasteiger charge is 1.92. The highest BCUT2D eigenvalue weighted by molar-refractivity contribution is 6.31. The number of hydrogen-bond acceptors (Lipinski definition) is 2. The zero-order valence-electron chi connectivity index (χ0n) is 7.66. The first-order valence-corrected chi connectivity index (χ1v) is 4.35. The van der Waals surface area contributed by atoms with Gasteiger partial charge in [0.1, 0.15) is 0 Å². The molecule has 0 fully saturated rings. The first-order valence-electron chi connectivity index (χ1n) is 3.97. The predicted octanol–water partition coefficient (Wildman–Crippen LogP) is 2.61. The Hall–Kier alpha value is -1.48. The molecule has 2 aromatic rings. The second-order valence-corrected chi connectivity index (χ2v) is 2.98. The van der Waals surface area contributed by atoms with E-state index in [9.17, 15) is 0 Å². The van der Waals surface area contributed by atoms with Gasteiger partial charge in [-0.15, -0.1) is 0 Å². The van der Waals surface area contributed by atoms with E-state index in [0.717, 1.165) is 15.9 Å². The van der Waals surface area contributed by atoms with Crippen LogP contribution in [0.2, 0.25) is 5.02 Å². The Morgan fingerprint density at radius 3 is 2.79 bits per heavy atom. The Bertz CT molecular complexity index is 411. The lowest BCUT2D eigenvalue weighted by atomic mass is 10.2. The van der Waals surface area contributed by atoms with Crippen LogP contribution in [0.5, 0.6) is 0 Å². The Balaban J connectivity index is 0.000000213. The number of methoxy groups -OCH3 is 1. The zero-order valence-corrected chi connectivity index (χ0v) is 8.41. The molecular weight excluding hydrogens is 202 g/mol. The molecule has 0 unspecified atom stereocenters. The van der Waals surface area contributed by atoms with Gasteiger partial charge in [0.15, 0.2) is 0 Å². The lowest BCUT2D eigenvalue weighted by Gasteiger charge is -1.88. The maximum atomic E-state index is 8.95. The lowest BCUT2D eigenvalue weighted by Crippen LogP contribution is -1.68. The Morgan fingerprint density at radius 2 is 2.14 bits per heavy atom. The molecule has 2 rings (SSSR count). The molecule has 1 aromatic carbocycles. The Kier molecular flexibility index (Phi) is 4.01. The minimum Gasteiger partial charge on any atom is -0.471 e. The van der Waals surface area contributed by atoms with Crippen LogP contribution in [0.3, 0.4) is 0 Å². The van der Waals surface area contributed by atoms with Crippen LogP contribution in [0, 0.1) is 0 Å². The van der Waals surface area contributed by atoms with E-state index < -0.39 is 0 Å². The normalized spacial score (nSPS) is 9.00. The summed E-state index contributed by atoms with van der Waals surface area (Å²) < 4.78 is 3.86. The van der Waals surface area contributed by atoms with E-state index in [1.807, 2.05) is 30.5 Å². The van der Waals surface area contributed by atoms with Crippen molar-refractivity contribution in [1.82, 2.24) is 4.98 Å². The van der Waals surface area contributed by atoms with E-state index in [1.165, 1.54) is 7.11 Å². The largest absolute Gasteiger partial charge is 0.471 e. The van der Waals surface area contributed by atoms with Crippen molar-refractivity contribution in [3.63, 3.8) is 0 Å². The van der Waals surface area contributed by atoms with E-state index in [-0.39, 0.29) is 0 Å². The van der Waals surface area contributed by atoms with E-state index in [2.05, 4.69) is 9.72 Å². The van der Waals surface area contributed by atoms with Crippen molar-refractivity contribution >= 4 is 29.0 Å². The molecule has 0 aliphatic rings. The van der Waals surface area contributed by atoms with Gasteiger partial charge >= 0.3 is 0 Å². The van der Waals surface area contributed by atoms with Crippen LogP contribution in [0.25, 0.3) is 10.9 Å². The van der Waals surface area contributed by atoms with E-state index >= 15 is 0 Å². The maximum absolute atomic E-state index is 8.95. The summed E-state index contributed by atoms with van der Waals surface area (Å²) in [5.41, 5.74) is 1.13. The fraction of sp³-hybridized carbons (Fsp3) is 0.100. The number of aromatic amines is 1. The third-order valence-corrected chi connectivity index (χ3v) is 1.85. The monoisotopic (exact) mass is 211 g/mol. The van der Waals surface area contributed by atoms with Gasteiger partial charge in [-0.25, -0.2) is 0 Å². The topological polar surface area (TPSA) is 42.1 Å². The predicted molar refractivity (Wildman–Crippen MR) is 56.4 cm³/mol. The van der Waals surface area contributed by atoms with Gasteiger partial charge in [0.2, 0.25) is 0 Å². The molecule has 0 atom stereocenters. The fourth-order valence-corrected chi connectivity index (χ4v) is 1.20. The number of halogens is 1. The first kappa shape index (κ1) is 10.6. The molecule has 3 nitrogen and oxygen atoms in total. The average molecular weight is 212 g/mol. The number of carbonyl (C=O) groups is 1. The highest BCUT2D eigenvalue weighted by atomic mass is 35.5. The van der Waals surface area contributed by atoms with Gasteiger partial charge in [-0.3, -0.25) is 4.79 Å². The third kappa shape index (κ3) is 2.78. The summed E-state index contributed by atoms with van der Waals surface area (Å²) in [6, 6.07) is 7.78. The molecular formula is C10H10ClNO2. The van der Waals surface area contributed by atoms with Crippen LogP contribution in [0.4, 0.5) is 0 Å². The molecule has 0 spiro atoms. The maximum Gasteiger partial charge on any atom is 0.292 e. The number of ether oxygens (including phenoxy) is 1. The summed E-state index contributed by atoms with van der Waals surface area (Å²) >= 11 is 5.76. The number of aromatic nitrogens is 1. The van der Waals surface area contributed by atoms with E-state index in [1.54, 1.807) is 0 Å². The van der Waals surface area contributed by atoms with Gasteiger partial charge in [0.25, 0.3) is 6.47 Å². The van der Waals surface area contributed by atoms with E-state index in [4.69, 9.17) is 16.4 Å². The molecule has 0 radical (unpaired) electrons. The SMILES string of the molecule is COC=O.Clc1ccc2[nH]ccc2c1. The summed E-state index contributed by atoms with van der Waals surface area (Å²) in [7, 11) is 1.31. The summed E-state index contributed by atoms with van der Waals surface area (Å²) in [4.78, 5) is 12.0. The quantitative estimate of drug-likeness (QED) is 0.737. The molecule has 14 heavy (non-hydrogen) atoms. The van der Waals surface area contributed by atoms with Gasteiger partial charge in [-0.2, -0.15) is 0 Å². The van der Waals surface area contributed by atoms with Gasteiger partial charge < -0.3 is 9.72 Å². The first-order chi connectivity index (χ1) is 6.77. The fourth-order valence-electron chi connectivity index (χ4n) is 1.02. The van der Waals surface area contributed by atoms with E-state index in [0.29, 0.717) is 6.47 Å². The van der Waals surface area contributed by atoms with Crippen molar-refractivity contribution in [3.8, 4) is 0 Å². The van der Waals surface area contributed by atoms with Crippen LogP contribution in [0.1, 0.15) is 0 Å². The molecule has 1 aromatic heterocycles. The van der Waals surface area contributed by atoms with Crippen molar-refractivity contribution < 1.29 is 9.53 Å². The van der Waals surface area contributed by atoms with Crippen LogP contribution in [-0.2, 0) is 9.53 Å². The van der Waals surface area contributed by atoms with Gasteiger partial charge in [0, 0.05) is 22.1 Å². The van der Waals surface area contributed by atoms with Crippen molar-refractivity contribution in [2.45, 2.75) is 0 Å². The Labute approximate surface area is 86.6 Å². The summed E-state index contributed by atoms with van der Waals surface area (Å²) in [6.45, 7) is 0.375. The molecule has 0 bridgehead atoms. The molecule has 0 amide bonds. The highest BCUT2D eigenvalue weighted by Crippen LogP contribution is 2.17.